The zero-order valence-corrected chi connectivity index (χ0v) is 32.2. The molecule has 1 nitrogen and oxygen atoms in total. The summed E-state index contributed by atoms with van der Waals surface area (Å²) in [6.45, 7) is 4.65. The van der Waals surface area contributed by atoms with Crippen molar-refractivity contribution in [1.82, 2.24) is 4.98 Å². The fourth-order valence-corrected chi connectivity index (χ4v) is 9.74. The zero-order valence-electron chi connectivity index (χ0n) is 31.4. The Kier molecular flexibility index (Phi) is 8.73. The van der Waals surface area contributed by atoms with E-state index in [2.05, 4.69) is 202 Å². The average Bonchev–Trinajstić information content (AvgIpc) is 3.26. The number of aryl methyl sites for hydroxylation is 2. The molecule has 1 aliphatic rings. The quantitative estimate of drug-likeness (QED) is 0.151. The molecule has 0 bridgehead atoms. The lowest BCUT2D eigenvalue weighted by Crippen LogP contribution is -2.53. The van der Waals surface area contributed by atoms with Crippen molar-refractivity contribution in [2.24, 2.45) is 0 Å². The van der Waals surface area contributed by atoms with E-state index in [1.54, 1.807) is 11.8 Å². The topological polar surface area (TPSA) is 12.9 Å². The standard InChI is InChI=1S/C53H38BNS/c1-35-31-45(43-17-9-16-42(33-43)44-23-28-48-49-18-10-15-41-29-30-55-53(51(41)49)56-50(48)34-44)32-36(2)52(35)54(46-24-19-39(20-25-46)37-11-5-3-6-12-37)47-26-21-40(22-27-47)38-13-7-4-8-14-38/h3-34H,1-2H3. The molecule has 0 unspecified atom stereocenters. The molecule has 264 valence electrons. The molecule has 1 aliphatic heterocycles. The minimum Gasteiger partial charge on any atom is -0.249 e. The summed E-state index contributed by atoms with van der Waals surface area (Å²) < 4.78 is 0. The van der Waals surface area contributed by atoms with Crippen LogP contribution in [0.1, 0.15) is 11.1 Å². The van der Waals surface area contributed by atoms with Crippen LogP contribution in [0, 0.1) is 13.8 Å². The molecule has 10 rings (SSSR count). The van der Waals surface area contributed by atoms with Gasteiger partial charge in [-0.15, -0.1) is 0 Å². The first-order valence-electron chi connectivity index (χ1n) is 19.3. The lowest BCUT2D eigenvalue weighted by atomic mass is 9.35. The van der Waals surface area contributed by atoms with Crippen LogP contribution in [0.4, 0.5) is 0 Å². The van der Waals surface area contributed by atoms with Crippen LogP contribution in [0.5, 0.6) is 0 Å². The average molecular weight is 732 g/mol. The van der Waals surface area contributed by atoms with Gasteiger partial charge in [-0.1, -0.05) is 209 Å². The zero-order chi connectivity index (χ0) is 37.6. The van der Waals surface area contributed by atoms with E-state index in [1.807, 2.05) is 6.20 Å². The molecule has 0 fully saturated rings. The Hall–Kier alpha value is -6.42. The molecule has 0 saturated heterocycles. The Labute approximate surface area is 333 Å². The van der Waals surface area contributed by atoms with Crippen LogP contribution in [0.25, 0.3) is 66.4 Å². The fourth-order valence-electron chi connectivity index (χ4n) is 8.61. The van der Waals surface area contributed by atoms with Gasteiger partial charge in [-0.2, -0.15) is 0 Å². The molecular formula is C53H38BNS. The third-order valence-electron chi connectivity index (χ3n) is 11.3. The minimum atomic E-state index is 0.0866. The van der Waals surface area contributed by atoms with E-state index in [9.17, 15) is 0 Å². The number of aromatic nitrogens is 1. The number of pyridine rings is 1. The highest BCUT2D eigenvalue weighted by molar-refractivity contribution is 7.99. The summed E-state index contributed by atoms with van der Waals surface area (Å²) in [5.74, 6) is 0. The van der Waals surface area contributed by atoms with Gasteiger partial charge in [0.25, 0.3) is 0 Å². The number of fused-ring (bicyclic) bond motifs is 2. The number of hydrogen-bond acceptors (Lipinski definition) is 2. The molecule has 1 aromatic heterocycles. The molecule has 0 radical (unpaired) electrons. The van der Waals surface area contributed by atoms with Gasteiger partial charge < -0.3 is 0 Å². The largest absolute Gasteiger partial charge is 0.249 e. The maximum Gasteiger partial charge on any atom is 0.241 e. The second-order valence-electron chi connectivity index (χ2n) is 14.8. The van der Waals surface area contributed by atoms with Crippen molar-refractivity contribution in [3.8, 4) is 55.6 Å². The van der Waals surface area contributed by atoms with Crippen molar-refractivity contribution < 1.29 is 0 Å². The summed E-state index contributed by atoms with van der Waals surface area (Å²) >= 11 is 1.78. The van der Waals surface area contributed by atoms with E-state index in [-0.39, 0.29) is 6.71 Å². The second kappa shape index (κ2) is 14.3. The summed E-state index contributed by atoms with van der Waals surface area (Å²) in [6, 6.07) is 69.0. The fraction of sp³-hybridized carbons (Fsp3) is 0.0377. The van der Waals surface area contributed by atoms with Gasteiger partial charge in [-0.25, -0.2) is 4.98 Å². The summed E-state index contributed by atoms with van der Waals surface area (Å²) in [5, 5.41) is 3.58. The van der Waals surface area contributed by atoms with Crippen LogP contribution in [0.2, 0.25) is 0 Å². The van der Waals surface area contributed by atoms with Crippen molar-refractivity contribution in [3.63, 3.8) is 0 Å². The highest BCUT2D eigenvalue weighted by atomic mass is 32.2. The first-order chi connectivity index (χ1) is 27.6. The monoisotopic (exact) mass is 731 g/mol. The van der Waals surface area contributed by atoms with E-state index < -0.39 is 0 Å². The summed E-state index contributed by atoms with van der Waals surface area (Å²) in [4.78, 5) is 6.01. The van der Waals surface area contributed by atoms with Gasteiger partial charge in [-0.3, -0.25) is 0 Å². The van der Waals surface area contributed by atoms with Crippen LogP contribution >= 0.6 is 11.8 Å². The van der Waals surface area contributed by atoms with Gasteiger partial charge >= 0.3 is 0 Å². The molecule has 0 N–H and O–H groups in total. The predicted molar refractivity (Wildman–Crippen MR) is 240 cm³/mol. The minimum absolute atomic E-state index is 0.0866. The third kappa shape index (κ3) is 6.25. The molecule has 0 spiro atoms. The van der Waals surface area contributed by atoms with Crippen LogP contribution in [0.3, 0.4) is 0 Å². The summed E-state index contributed by atoms with van der Waals surface area (Å²) in [6.07, 6.45) is 1.92. The van der Waals surface area contributed by atoms with E-state index in [0.29, 0.717) is 0 Å². The summed E-state index contributed by atoms with van der Waals surface area (Å²) in [7, 11) is 0. The molecule has 0 saturated carbocycles. The Bertz CT molecular complexity index is 2770. The van der Waals surface area contributed by atoms with Gasteiger partial charge in [0.2, 0.25) is 6.71 Å². The van der Waals surface area contributed by atoms with Crippen molar-refractivity contribution in [2.75, 3.05) is 0 Å². The van der Waals surface area contributed by atoms with Crippen molar-refractivity contribution in [3.05, 3.63) is 205 Å². The second-order valence-corrected chi connectivity index (χ2v) is 15.9. The van der Waals surface area contributed by atoms with E-state index >= 15 is 0 Å². The van der Waals surface area contributed by atoms with Crippen LogP contribution < -0.4 is 16.4 Å². The molecule has 0 aliphatic carbocycles. The van der Waals surface area contributed by atoms with Crippen LogP contribution in [-0.2, 0) is 0 Å². The van der Waals surface area contributed by atoms with E-state index in [4.69, 9.17) is 4.98 Å². The molecule has 3 heteroatoms. The number of benzene rings is 8. The Morgan fingerprint density at radius 2 is 0.929 bits per heavy atom. The number of nitrogens with zero attached hydrogens (tertiary/aromatic N) is 1. The number of rotatable bonds is 7. The lowest BCUT2D eigenvalue weighted by molar-refractivity contribution is 1.16. The Balaban J connectivity index is 1.01. The molecule has 8 aromatic carbocycles. The Morgan fingerprint density at radius 3 is 1.55 bits per heavy atom. The highest BCUT2D eigenvalue weighted by Crippen LogP contribution is 2.48. The molecule has 56 heavy (non-hydrogen) atoms. The molecule has 0 atom stereocenters. The highest BCUT2D eigenvalue weighted by Gasteiger charge is 2.26. The summed E-state index contributed by atoms with van der Waals surface area (Å²) in [5.41, 5.74) is 18.9. The van der Waals surface area contributed by atoms with E-state index in [1.165, 1.54) is 98.8 Å². The maximum atomic E-state index is 4.76. The van der Waals surface area contributed by atoms with Gasteiger partial charge in [0.1, 0.15) is 5.03 Å². The molecular weight excluding hydrogens is 693 g/mol. The van der Waals surface area contributed by atoms with Crippen molar-refractivity contribution >= 4 is 45.6 Å². The molecule has 2 heterocycles. The predicted octanol–water partition coefficient (Wildman–Crippen LogP) is 12.2. The normalized spacial score (nSPS) is 11.7. The molecule has 0 amide bonds. The van der Waals surface area contributed by atoms with Gasteiger partial charge in [0.05, 0.1) is 0 Å². The number of hydrogen-bond donors (Lipinski definition) is 0. The lowest BCUT2D eigenvalue weighted by Gasteiger charge is -2.22. The van der Waals surface area contributed by atoms with Gasteiger partial charge in [0.15, 0.2) is 0 Å². The van der Waals surface area contributed by atoms with Crippen molar-refractivity contribution in [1.29, 1.82) is 0 Å². The SMILES string of the molecule is Cc1cc(-c2cccc(-c3ccc4c(c3)Sc3nccc5cccc-4c35)c2)cc(C)c1B(c1ccc(-c2ccccc2)cc1)c1ccc(-c2ccccc2)cc1. The molecule has 9 aromatic rings. The van der Waals surface area contributed by atoms with Crippen LogP contribution in [-0.4, -0.2) is 11.7 Å². The van der Waals surface area contributed by atoms with E-state index in [0.717, 1.165) is 5.03 Å². The Morgan fingerprint density at radius 1 is 0.411 bits per heavy atom. The maximum absolute atomic E-state index is 4.76. The first kappa shape index (κ1) is 34.1. The first-order valence-corrected chi connectivity index (χ1v) is 20.1. The third-order valence-corrected chi connectivity index (χ3v) is 12.4. The van der Waals surface area contributed by atoms with Crippen LogP contribution in [0.15, 0.2) is 204 Å². The smallest absolute Gasteiger partial charge is 0.241 e. The van der Waals surface area contributed by atoms with Gasteiger partial charge in [-0.05, 0) is 93.1 Å². The van der Waals surface area contributed by atoms with Crippen molar-refractivity contribution in [2.45, 2.75) is 23.8 Å². The van der Waals surface area contributed by atoms with Gasteiger partial charge in [0, 0.05) is 16.5 Å².